The first-order valence-corrected chi connectivity index (χ1v) is 7.67. The van der Waals surface area contributed by atoms with Crippen molar-refractivity contribution < 1.29 is 9.53 Å². The van der Waals surface area contributed by atoms with E-state index in [0.717, 1.165) is 21.7 Å². The standard InChI is InChI=1S/C21H16O2/c1-23-21(22)13-20-17-9-5-3-7-15(17)12-19-16-8-4-2-6-14(16)10-11-18(19)20/h2-12H,13H2,1H3. The minimum atomic E-state index is -0.212. The van der Waals surface area contributed by atoms with Crippen molar-refractivity contribution in [1.82, 2.24) is 0 Å². The third-order valence-corrected chi connectivity index (χ3v) is 4.43. The van der Waals surface area contributed by atoms with Crippen LogP contribution in [0.15, 0.2) is 66.7 Å². The van der Waals surface area contributed by atoms with Gasteiger partial charge in [0.15, 0.2) is 0 Å². The van der Waals surface area contributed by atoms with Crippen molar-refractivity contribution in [2.24, 2.45) is 0 Å². The normalized spacial score (nSPS) is 11.2. The second kappa shape index (κ2) is 5.40. The molecular formula is C21H16O2. The van der Waals surface area contributed by atoms with E-state index in [9.17, 15) is 4.79 Å². The van der Waals surface area contributed by atoms with Crippen LogP contribution in [0.25, 0.3) is 32.3 Å². The molecule has 4 rings (SSSR count). The van der Waals surface area contributed by atoms with Crippen molar-refractivity contribution in [2.45, 2.75) is 6.42 Å². The Kier molecular flexibility index (Phi) is 3.23. The molecule has 0 aliphatic carbocycles. The fourth-order valence-electron chi connectivity index (χ4n) is 3.32. The Hall–Kier alpha value is -2.87. The summed E-state index contributed by atoms with van der Waals surface area (Å²) in [5.41, 5.74) is 1.04. The molecule has 0 radical (unpaired) electrons. The average Bonchev–Trinajstić information content (AvgIpc) is 2.61. The van der Waals surface area contributed by atoms with Crippen molar-refractivity contribution >= 4 is 38.3 Å². The smallest absolute Gasteiger partial charge is 0.310 e. The van der Waals surface area contributed by atoms with Crippen LogP contribution >= 0.6 is 0 Å². The number of fused-ring (bicyclic) bond motifs is 4. The lowest BCUT2D eigenvalue weighted by Gasteiger charge is -2.12. The molecule has 2 heteroatoms. The molecule has 0 aliphatic rings. The Labute approximate surface area is 134 Å². The zero-order valence-corrected chi connectivity index (χ0v) is 12.9. The van der Waals surface area contributed by atoms with Gasteiger partial charge in [-0.05, 0) is 43.9 Å². The molecule has 0 fully saturated rings. The number of carbonyl (C=O) groups excluding carboxylic acids is 1. The summed E-state index contributed by atoms with van der Waals surface area (Å²) < 4.78 is 4.90. The maximum atomic E-state index is 11.9. The summed E-state index contributed by atoms with van der Waals surface area (Å²) in [4.78, 5) is 11.9. The molecule has 0 N–H and O–H groups in total. The van der Waals surface area contributed by atoms with Crippen LogP contribution in [0.1, 0.15) is 5.56 Å². The van der Waals surface area contributed by atoms with Crippen LogP contribution < -0.4 is 0 Å². The Balaban J connectivity index is 2.16. The largest absolute Gasteiger partial charge is 0.469 e. The third kappa shape index (κ3) is 2.23. The molecule has 4 aromatic carbocycles. The topological polar surface area (TPSA) is 26.3 Å². The molecule has 2 nitrogen and oxygen atoms in total. The molecule has 0 bridgehead atoms. The van der Waals surface area contributed by atoms with Crippen molar-refractivity contribution in [3.05, 3.63) is 72.3 Å². The predicted octanol–water partition coefficient (Wildman–Crippen LogP) is 4.86. The molecule has 23 heavy (non-hydrogen) atoms. The highest BCUT2D eigenvalue weighted by molar-refractivity contribution is 6.14. The van der Waals surface area contributed by atoms with E-state index >= 15 is 0 Å². The van der Waals surface area contributed by atoms with Gasteiger partial charge in [0.25, 0.3) is 0 Å². The quantitative estimate of drug-likeness (QED) is 0.300. The number of hydrogen-bond acceptors (Lipinski definition) is 2. The summed E-state index contributed by atoms with van der Waals surface area (Å²) in [5.74, 6) is -0.212. The van der Waals surface area contributed by atoms with E-state index in [1.165, 1.54) is 23.3 Å². The van der Waals surface area contributed by atoms with Crippen LogP contribution in [0.2, 0.25) is 0 Å². The number of carbonyl (C=O) groups is 1. The second-order valence-corrected chi connectivity index (χ2v) is 5.71. The summed E-state index contributed by atoms with van der Waals surface area (Å²) in [6.07, 6.45) is 0.284. The lowest BCUT2D eigenvalue weighted by Crippen LogP contribution is -2.05. The minimum Gasteiger partial charge on any atom is -0.469 e. The van der Waals surface area contributed by atoms with Gasteiger partial charge in [-0.25, -0.2) is 0 Å². The molecule has 0 saturated carbocycles. The Bertz CT molecular complexity index is 1050. The highest BCUT2D eigenvalue weighted by atomic mass is 16.5. The van der Waals surface area contributed by atoms with Gasteiger partial charge in [-0.15, -0.1) is 0 Å². The summed E-state index contributed by atoms with van der Waals surface area (Å²) in [5, 5.41) is 6.98. The fraction of sp³-hybridized carbons (Fsp3) is 0.0952. The van der Waals surface area contributed by atoms with Crippen molar-refractivity contribution in [3.8, 4) is 0 Å². The zero-order valence-electron chi connectivity index (χ0n) is 12.9. The van der Waals surface area contributed by atoms with E-state index in [-0.39, 0.29) is 12.4 Å². The van der Waals surface area contributed by atoms with Gasteiger partial charge in [0, 0.05) is 0 Å². The van der Waals surface area contributed by atoms with Gasteiger partial charge in [0.1, 0.15) is 0 Å². The number of rotatable bonds is 2. The molecule has 0 aliphatic heterocycles. The van der Waals surface area contributed by atoms with Crippen molar-refractivity contribution in [2.75, 3.05) is 7.11 Å². The Morgan fingerprint density at radius 1 is 0.783 bits per heavy atom. The summed E-state index contributed by atoms with van der Waals surface area (Å²) >= 11 is 0. The Morgan fingerprint density at radius 3 is 2.26 bits per heavy atom. The molecule has 0 spiro atoms. The lowest BCUT2D eigenvalue weighted by atomic mass is 9.92. The van der Waals surface area contributed by atoms with Gasteiger partial charge < -0.3 is 4.74 Å². The van der Waals surface area contributed by atoms with Gasteiger partial charge in [0.05, 0.1) is 13.5 Å². The first-order chi connectivity index (χ1) is 11.3. The van der Waals surface area contributed by atoms with Gasteiger partial charge in [-0.3, -0.25) is 4.79 Å². The minimum absolute atomic E-state index is 0.212. The van der Waals surface area contributed by atoms with Crippen LogP contribution in [0.5, 0.6) is 0 Å². The van der Waals surface area contributed by atoms with Crippen LogP contribution in [0.4, 0.5) is 0 Å². The number of esters is 1. The lowest BCUT2D eigenvalue weighted by molar-refractivity contribution is -0.139. The number of ether oxygens (including phenoxy) is 1. The SMILES string of the molecule is COC(=O)Cc1c2ccccc2cc2c1ccc1ccccc12. The second-order valence-electron chi connectivity index (χ2n) is 5.71. The number of hydrogen-bond donors (Lipinski definition) is 0. The maximum absolute atomic E-state index is 11.9. The predicted molar refractivity (Wildman–Crippen MR) is 94.7 cm³/mol. The highest BCUT2D eigenvalue weighted by Gasteiger charge is 2.13. The Morgan fingerprint density at radius 2 is 1.48 bits per heavy atom. The fourth-order valence-corrected chi connectivity index (χ4v) is 3.32. The van der Waals surface area contributed by atoms with E-state index in [1.54, 1.807) is 0 Å². The molecular weight excluding hydrogens is 284 g/mol. The number of methoxy groups -OCH3 is 1. The maximum Gasteiger partial charge on any atom is 0.310 e. The van der Waals surface area contributed by atoms with Gasteiger partial charge in [-0.1, -0.05) is 60.7 Å². The van der Waals surface area contributed by atoms with Crippen LogP contribution in [0.3, 0.4) is 0 Å². The molecule has 4 aromatic rings. The highest BCUT2D eigenvalue weighted by Crippen LogP contribution is 2.33. The molecule has 0 atom stereocenters. The zero-order chi connectivity index (χ0) is 15.8. The van der Waals surface area contributed by atoms with Crippen LogP contribution in [-0.2, 0) is 16.0 Å². The monoisotopic (exact) mass is 300 g/mol. The molecule has 112 valence electrons. The molecule has 0 aromatic heterocycles. The van der Waals surface area contributed by atoms with E-state index in [2.05, 4.69) is 48.5 Å². The first kappa shape index (κ1) is 13.8. The van der Waals surface area contributed by atoms with E-state index in [0.29, 0.717) is 0 Å². The van der Waals surface area contributed by atoms with Crippen molar-refractivity contribution in [3.63, 3.8) is 0 Å². The van der Waals surface area contributed by atoms with Crippen molar-refractivity contribution in [1.29, 1.82) is 0 Å². The summed E-state index contributed by atoms with van der Waals surface area (Å²) in [6, 6.07) is 23.0. The van der Waals surface area contributed by atoms with E-state index in [4.69, 9.17) is 4.74 Å². The molecule has 0 saturated heterocycles. The molecule has 0 unspecified atom stereocenters. The molecule has 0 amide bonds. The van der Waals surface area contributed by atoms with E-state index < -0.39 is 0 Å². The molecule has 0 heterocycles. The summed E-state index contributed by atoms with van der Waals surface area (Å²) in [7, 11) is 1.44. The number of benzene rings is 4. The van der Waals surface area contributed by atoms with Gasteiger partial charge in [0.2, 0.25) is 0 Å². The van der Waals surface area contributed by atoms with Gasteiger partial charge in [-0.2, -0.15) is 0 Å². The average molecular weight is 300 g/mol. The van der Waals surface area contributed by atoms with E-state index in [1.807, 2.05) is 18.2 Å². The van der Waals surface area contributed by atoms with Crippen LogP contribution in [0, 0.1) is 0 Å². The van der Waals surface area contributed by atoms with Gasteiger partial charge >= 0.3 is 5.97 Å². The first-order valence-electron chi connectivity index (χ1n) is 7.67. The summed E-state index contributed by atoms with van der Waals surface area (Å²) in [6.45, 7) is 0. The van der Waals surface area contributed by atoms with Crippen LogP contribution in [-0.4, -0.2) is 13.1 Å². The third-order valence-electron chi connectivity index (χ3n) is 4.43.